The molecule has 0 aromatic rings. The van der Waals surface area contributed by atoms with Gasteiger partial charge in [0.1, 0.15) is 12.2 Å². The van der Waals surface area contributed by atoms with Crippen LogP contribution in [-0.4, -0.2) is 24.1 Å². The number of hydrogen-bond acceptors (Lipinski definition) is 4. The Balaban J connectivity index is 1.60. The van der Waals surface area contributed by atoms with Crippen molar-refractivity contribution in [2.45, 2.75) is 50.7 Å². The summed E-state index contributed by atoms with van der Waals surface area (Å²) in [5.74, 6) is -0.702. The zero-order chi connectivity index (χ0) is 10.5. The Kier molecular flexibility index (Phi) is 1.82. The zero-order valence-electron chi connectivity index (χ0n) is 8.53. The van der Waals surface area contributed by atoms with E-state index >= 15 is 0 Å². The molecule has 0 unspecified atom stereocenters. The van der Waals surface area contributed by atoms with Crippen LogP contribution in [0.1, 0.15) is 38.5 Å². The fourth-order valence-corrected chi connectivity index (χ4v) is 1.52. The minimum Gasteiger partial charge on any atom is -0.462 e. The minimum absolute atomic E-state index is 0.0729. The molecule has 0 spiro atoms. The van der Waals surface area contributed by atoms with Gasteiger partial charge in [-0.25, -0.2) is 0 Å². The first-order valence-electron chi connectivity index (χ1n) is 5.63. The van der Waals surface area contributed by atoms with E-state index in [4.69, 9.17) is 9.47 Å². The summed E-state index contributed by atoms with van der Waals surface area (Å²) >= 11 is 0. The van der Waals surface area contributed by atoms with Gasteiger partial charge in [0.15, 0.2) is 5.41 Å². The SMILES string of the molecule is O=C(OC1CC1)C1(C(=O)OC2CC2)CC1. The van der Waals surface area contributed by atoms with E-state index in [0.29, 0.717) is 12.8 Å². The molecule has 0 heterocycles. The second-order valence-corrected chi connectivity index (χ2v) is 4.79. The van der Waals surface area contributed by atoms with Gasteiger partial charge in [-0.2, -0.15) is 0 Å². The minimum atomic E-state index is -0.912. The van der Waals surface area contributed by atoms with Crippen molar-refractivity contribution in [3.8, 4) is 0 Å². The van der Waals surface area contributed by atoms with E-state index in [-0.39, 0.29) is 24.1 Å². The highest BCUT2D eigenvalue weighted by atomic mass is 16.6. The average Bonchev–Trinajstić information content (AvgIpc) is 3.03. The third-order valence-corrected chi connectivity index (χ3v) is 3.13. The highest BCUT2D eigenvalue weighted by molar-refractivity contribution is 6.03. The molecule has 0 aliphatic heterocycles. The van der Waals surface area contributed by atoms with E-state index in [1.54, 1.807) is 0 Å². The van der Waals surface area contributed by atoms with E-state index in [0.717, 1.165) is 25.7 Å². The average molecular weight is 210 g/mol. The molecular weight excluding hydrogens is 196 g/mol. The van der Waals surface area contributed by atoms with Gasteiger partial charge >= 0.3 is 11.9 Å². The first-order chi connectivity index (χ1) is 7.21. The second kappa shape index (κ2) is 2.97. The summed E-state index contributed by atoms with van der Waals surface area (Å²) in [5, 5.41) is 0. The van der Waals surface area contributed by atoms with Gasteiger partial charge in [0.25, 0.3) is 0 Å². The Labute approximate surface area is 87.9 Å². The lowest BCUT2D eigenvalue weighted by Gasteiger charge is -2.12. The Morgan fingerprint density at radius 3 is 1.53 bits per heavy atom. The molecule has 0 saturated heterocycles. The van der Waals surface area contributed by atoms with Crippen LogP contribution >= 0.6 is 0 Å². The van der Waals surface area contributed by atoms with Crippen molar-refractivity contribution in [2.75, 3.05) is 0 Å². The van der Waals surface area contributed by atoms with E-state index < -0.39 is 5.41 Å². The van der Waals surface area contributed by atoms with Gasteiger partial charge in [-0.15, -0.1) is 0 Å². The van der Waals surface area contributed by atoms with Crippen LogP contribution in [0, 0.1) is 5.41 Å². The van der Waals surface area contributed by atoms with Crippen LogP contribution < -0.4 is 0 Å². The van der Waals surface area contributed by atoms with Crippen molar-refractivity contribution in [1.29, 1.82) is 0 Å². The molecule has 15 heavy (non-hydrogen) atoms. The number of carbonyl (C=O) groups excluding carboxylic acids is 2. The Bertz CT molecular complexity index is 283. The molecule has 3 rings (SSSR count). The summed E-state index contributed by atoms with van der Waals surface area (Å²) < 4.78 is 10.3. The molecule has 82 valence electrons. The monoisotopic (exact) mass is 210 g/mol. The highest BCUT2D eigenvalue weighted by Crippen LogP contribution is 2.50. The maximum absolute atomic E-state index is 11.7. The molecule has 0 radical (unpaired) electrons. The maximum Gasteiger partial charge on any atom is 0.323 e. The van der Waals surface area contributed by atoms with Crippen LogP contribution in [-0.2, 0) is 19.1 Å². The number of esters is 2. The highest BCUT2D eigenvalue weighted by Gasteiger charge is 2.61. The van der Waals surface area contributed by atoms with Gasteiger partial charge in [0.2, 0.25) is 0 Å². The van der Waals surface area contributed by atoms with Crippen molar-refractivity contribution in [3.05, 3.63) is 0 Å². The summed E-state index contributed by atoms with van der Waals surface area (Å²) in [5.41, 5.74) is -0.912. The largest absolute Gasteiger partial charge is 0.462 e. The van der Waals surface area contributed by atoms with Crippen LogP contribution in [0.15, 0.2) is 0 Å². The van der Waals surface area contributed by atoms with E-state index in [1.807, 2.05) is 0 Å². The maximum atomic E-state index is 11.7. The molecule has 4 heteroatoms. The van der Waals surface area contributed by atoms with Gasteiger partial charge in [-0.3, -0.25) is 9.59 Å². The van der Waals surface area contributed by atoms with Gasteiger partial charge < -0.3 is 9.47 Å². The van der Waals surface area contributed by atoms with Crippen LogP contribution in [0.25, 0.3) is 0 Å². The molecule has 0 atom stereocenters. The van der Waals surface area contributed by atoms with Gasteiger partial charge in [-0.05, 0) is 38.5 Å². The van der Waals surface area contributed by atoms with Crippen molar-refractivity contribution < 1.29 is 19.1 Å². The van der Waals surface area contributed by atoms with Crippen LogP contribution in [0.3, 0.4) is 0 Å². The van der Waals surface area contributed by atoms with Crippen LogP contribution in [0.2, 0.25) is 0 Å². The zero-order valence-corrected chi connectivity index (χ0v) is 8.53. The Morgan fingerprint density at radius 2 is 1.27 bits per heavy atom. The van der Waals surface area contributed by atoms with Gasteiger partial charge in [0.05, 0.1) is 0 Å². The van der Waals surface area contributed by atoms with Crippen LogP contribution in [0.5, 0.6) is 0 Å². The lowest BCUT2D eigenvalue weighted by molar-refractivity contribution is -0.166. The van der Waals surface area contributed by atoms with Crippen molar-refractivity contribution in [1.82, 2.24) is 0 Å². The summed E-state index contributed by atoms with van der Waals surface area (Å²) in [6.07, 6.45) is 5.12. The molecule has 3 aliphatic rings. The molecule has 0 aromatic heterocycles. The first kappa shape index (κ1) is 9.19. The normalized spacial score (nSPS) is 26.9. The summed E-state index contributed by atoms with van der Waals surface area (Å²) in [4.78, 5) is 23.4. The van der Waals surface area contributed by atoms with Crippen molar-refractivity contribution in [3.63, 3.8) is 0 Å². The Hall–Kier alpha value is -1.06. The molecule has 4 nitrogen and oxygen atoms in total. The molecule has 3 fully saturated rings. The Morgan fingerprint density at radius 1 is 0.867 bits per heavy atom. The molecule has 0 bridgehead atoms. The fraction of sp³-hybridized carbons (Fsp3) is 0.818. The van der Waals surface area contributed by atoms with Gasteiger partial charge in [0, 0.05) is 0 Å². The van der Waals surface area contributed by atoms with Crippen molar-refractivity contribution >= 4 is 11.9 Å². The first-order valence-corrected chi connectivity index (χ1v) is 5.63. The third kappa shape index (κ3) is 1.73. The predicted octanol–water partition coefficient (Wildman–Crippen LogP) is 1.18. The summed E-state index contributed by atoms with van der Waals surface area (Å²) in [7, 11) is 0. The molecule has 0 aromatic carbocycles. The van der Waals surface area contributed by atoms with Crippen molar-refractivity contribution in [2.24, 2.45) is 5.41 Å². The smallest absolute Gasteiger partial charge is 0.323 e. The van der Waals surface area contributed by atoms with Gasteiger partial charge in [-0.1, -0.05) is 0 Å². The predicted molar refractivity (Wildman–Crippen MR) is 49.9 cm³/mol. The topological polar surface area (TPSA) is 52.6 Å². The number of hydrogen-bond donors (Lipinski definition) is 0. The van der Waals surface area contributed by atoms with E-state index in [1.165, 1.54) is 0 Å². The fourth-order valence-electron chi connectivity index (χ4n) is 1.52. The molecule has 3 aliphatic carbocycles. The second-order valence-electron chi connectivity index (χ2n) is 4.79. The standard InChI is InChI=1S/C11H14O4/c12-9(14-7-1-2-7)11(5-6-11)10(13)15-8-3-4-8/h7-8H,1-6H2. The van der Waals surface area contributed by atoms with Crippen LogP contribution in [0.4, 0.5) is 0 Å². The quantitative estimate of drug-likeness (QED) is 0.516. The number of carbonyl (C=O) groups is 2. The lowest BCUT2D eigenvalue weighted by Crippen LogP contribution is -2.30. The van der Waals surface area contributed by atoms with E-state index in [9.17, 15) is 9.59 Å². The molecule has 0 amide bonds. The number of ether oxygens (including phenoxy) is 2. The van der Waals surface area contributed by atoms with E-state index in [2.05, 4.69) is 0 Å². The molecular formula is C11H14O4. The molecule has 0 N–H and O–H groups in total. The number of rotatable bonds is 4. The lowest BCUT2D eigenvalue weighted by atomic mass is 10.1. The summed E-state index contributed by atoms with van der Waals surface area (Å²) in [6, 6.07) is 0. The molecule has 3 saturated carbocycles. The summed E-state index contributed by atoms with van der Waals surface area (Å²) in [6.45, 7) is 0. The third-order valence-electron chi connectivity index (χ3n) is 3.13.